The van der Waals surface area contributed by atoms with Gasteiger partial charge in [-0.2, -0.15) is 0 Å². The van der Waals surface area contributed by atoms with Crippen molar-refractivity contribution in [2.24, 2.45) is 0 Å². The third-order valence-electron chi connectivity index (χ3n) is 2.43. The minimum Gasteiger partial charge on any atom is -0.308 e. The maximum absolute atomic E-state index is 6.02. The highest BCUT2D eigenvalue weighted by Gasteiger charge is 2.01. The van der Waals surface area contributed by atoms with Crippen LogP contribution in [0, 0.1) is 6.92 Å². The van der Waals surface area contributed by atoms with Crippen molar-refractivity contribution in [3.63, 3.8) is 0 Å². The van der Waals surface area contributed by atoms with Crippen LogP contribution >= 0.6 is 22.9 Å². The van der Waals surface area contributed by atoms with Gasteiger partial charge in [0.1, 0.15) is 0 Å². The minimum absolute atomic E-state index is 0.720. The van der Waals surface area contributed by atoms with E-state index in [0.717, 1.165) is 23.7 Å². The molecule has 0 aliphatic carbocycles. The summed E-state index contributed by atoms with van der Waals surface area (Å²) >= 11 is 7.80. The van der Waals surface area contributed by atoms with Crippen molar-refractivity contribution < 1.29 is 0 Å². The van der Waals surface area contributed by atoms with Crippen molar-refractivity contribution >= 4 is 22.9 Å². The topological polar surface area (TPSA) is 24.9 Å². The van der Waals surface area contributed by atoms with Crippen LogP contribution in [0.1, 0.15) is 16.0 Å². The second kappa shape index (κ2) is 5.43. The molecule has 0 fully saturated rings. The van der Waals surface area contributed by atoms with E-state index in [1.165, 1.54) is 10.4 Å². The van der Waals surface area contributed by atoms with Crippen molar-refractivity contribution in [1.29, 1.82) is 0 Å². The average Bonchev–Trinajstić information content (AvgIpc) is 2.67. The third-order valence-corrected chi connectivity index (χ3v) is 3.79. The van der Waals surface area contributed by atoms with Gasteiger partial charge in [0.25, 0.3) is 0 Å². The summed E-state index contributed by atoms with van der Waals surface area (Å²) < 4.78 is 0. The van der Waals surface area contributed by atoms with E-state index in [0.29, 0.717) is 0 Å². The molecule has 2 aromatic rings. The van der Waals surface area contributed by atoms with Crippen LogP contribution < -0.4 is 5.32 Å². The van der Waals surface area contributed by atoms with Crippen molar-refractivity contribution in [2.75, 3.05) is 0 Å². The molecule has 16 heavy (non-hydrogen) atoms. The molecule has 2 rings (SSSR count). The molecule has 0 aliphatic heterocycles. The summed E-state index contributed by atoms with van der Waals surface area (Å²) in [6.45, 7) is 3.80. The summed E-state index contributed by atoms with van der Waals surface area (Å²) in [5.41, 5.74) is 2.43. The molecule has 84 valence electrons. The highest BCUT2D eigenvalue weighted by Crippen LogP contribution is 2.16. The van der Waals surface area contributed by atoms with Gasteiger partial charge in [0.2, 0.25) is 0 Å². The number of aromatic nitrogens is 1. The highest BCUT2D eigenvalue weighted by molar-refractivity contribution is 7.10. The van der Waals surface area contributed by atoms with Gasteiger partial charge in [-0.1, -0.05) is 11.6 Å². The molecule has 0 aliphatic rings. The van der Waals surface area contributed by atoms with Crippen molar-refractivity contribution in [2.45, 2.75) is 20.0 Å². The summed E-state index contributed by atoms with van der Waals surface area (Å²) in [5, 5.41) is 6.22. The van der Waals surface area contributed by atoms with Gasteiger partial charge in [0, 0.05) is 30.4 Å². The number of nitrogens with zero attached hydrogens (tertiary/aromatic N) is 1. The van der Waals surface area contributed by atoms with Gasteiger partial charge in [0.15, 0.2) is 0 Å². The number of hydrogen-bond donors (Lipinski definition) is 1. The van der Waals surface area contributed by atoms with Crippen molar-refractivity contribution in [1.82, 2.24) is 10.3 Å². The molecule has 0 atom stereocenters. The fourth-order valence-corrected chi connectivity index (χ4v) is 2.51. The maximum atomic E-state index is 6.02. The molecule has 0 spiro atoms. The van der Waals surface area contributed by atoms with E-state index in [4.69, 9.17) is 11.6 Å². The predicted molar refractivity (Wildman–Crippen MR) is 68.8 cm³/mol. The Balaban J connectivity index is 1.89. The van der Waals surface area contributed by atoms with Gasteiger partial charge < -0.3 is 5.32 Å². The first-order valence-corrected chi connectivity index (χ1v) is 6.35. The van der Waals surface area contributed by atoms with Crippen LogP contribution in [0.3, 0.4) is 0 Å². The smallest absolute Gasteiger partial charge is 0.0634 e. The molecule has 4 heteroatoms. The number of hydrogen-bond acceptors (Lipinski definition) is 3. The molecule has 2 nitrogen and oxygen atoms in total. The van der Waals surface area contributed by atoms with Crippen LogP contribution in [0.15, 0.2) is 29.9 Å². The van der Waals surface area contributed by atoms with E-state index in [-0.39, 0.29) is 0 Å². The lowest BCUT2D eigenvalue weighted by molar-refractivity contribution is 0.698. The maximum Gasteiger partial charge on any atom is 0.0634 e. The van der Waals surface area contributed by atoms with Gasteiger partial charge >= 0.3 is 0 Å². The first-order valence-electron chi connectivity index (χ1n) is 5.09. The number of thiophene rings is 1. The van der Waals surface area contributed by atoms with Crippen LogP contribution in [0.5, 0.6) is 0 Å². The van der Waals surface area contributed by atoms with Crippen LogP contribution in [-0.2, 0) is 13.1 Å². The fourth-order valence-electron chi connectivity index (χ4n) is 1.44. The first-order chi connectivity index (χ1) is 7.77. The molecule has 2 heterocycles. The molecular formula is C12H13ClN2S. The Hall–Kier alpha value is -0.900. The summed E-state index contributed by atoms with van der Waals surface area (Å²) in [7, 11) is 0. The van der Waals surface area contributed by atoms with Gasteiger partial charge in [0.05, 0.1) is 5.02 Å². The number of halogens is 1. The van der Waals surface area contributed by atoms with Gasteiger partial charge in [-0.25, -0.2) is 0 Å². The zero-order valence-corrected chi connectivity index (χ0v) is 10.6. The van der Waals surface area contributed by atoms with E-state index < -0.39 is 0 Å². The van der Waals surface area contributed by atoms with E-state index >= 15 is 0 Å². The largest absolute Gasteiger partial charge is 0.308 e. The minimum atomic E-state index is 0.720. The molecule has 0 saturated carbocycles. The third kappa shape index (κ3) is 2.82. The Bertz CT molecular complexity index is 468. The lowest BCUT2D eigenvalue weighted by atomic mass is 10.2. The van der Waals surface area contributed by atoms with Gasteiger partial charge in [-0.15, -0.1) is 11.3 Å². The van der Waals surface area contributed by atoms with E-state index in [1.807, 2.05) is 6.07 Å². The molecule has 0 radical (unpaired) electrons. The summed E-state index contributed by atoms with van der Waals surface area (Å²) in [4.78, 5) is 5.34. The molecule has 0 unspecified atom stereocenters. The Kier molecular flexibility index (Phi) is 3.93. The Labute approximate surface area is 104 Å². The number of aryl methyl sites for hydroxylation is 1. The van der Waals surface area contributed by atoms with Gasteiger partial charge in [-0.3, -0.25) is 4.98 Å². The Morgan fingerprint density at radius 3 is 2.94 bits per heavy atom. The van der Waals surface area contributed by atoms with E-state index in [9.17, 15) is 0 Å². The zero-order valence-electron chi connectivity index (χ0n) is 9.03. The molecule has 0 aromatic carbocycles. The molecule has 2 aromatic heterocycles. The summed E-state index contributed by atoms with van der Waals surface area (Å²) in [6, 6.07) is 4.08. The first kappa shape index (κ1) is 11.6. The van der Waals surface area contributed by atoms with Gasteiger partial charge in [-0.05, 0) is 35.6 Å². The number of nitrogens with one attached hydrogen (secondary N) is 1. The quantitative estimate of drug-likeness (QED) is 0.902. The number of rotatable bonds is 4. The zero-order chi connectivity index (χ0) is 11.4. The summed E-state index contributed by atoms with van der Waals surface area (Å²) in [6.07, 6.45) is 3.44. The predicted octanol–water partition coefficient (Wildman–Crippen LogP) is 3.39. The Morgan fingerprint density at radius 1 is 1.38 bits per heavy atom. The normalized spacial score (nSPS) is 10.6. The second-order valence-electron chi connectivity index (χ2n) is 3.60. The van der Waals surface area contributed by atoms with Crippen LogP contribution in [-0.4, -0.2) is 4.98 Å². The molecule has 1 N–H and O–H groups in total. The van der Waals surface area contributed by atoms with E-state index in [2.05, 4.69) is 28.7 Å². The molecular weight excluding hydrogens is 240 g/mol. The second-order valence-corrected chi connectivity index (χ2v) is 5.01. The lowest BCUT2D eigenvalue weighted by Crippen LogP contribution is -2.12. The van der Waals surface area contributed by atoms with Crippen molar-refractivity contribution in [3.05, 3.63) is 50.9 Å². The standard InChI is InChI=1S/C12H13ClN2S/c1-9-3-5-16-12(9)8-15-6-10-2-4-14-7-11(10)13/h2-5,7,15H,6,8H2,1H3. The molecule has 0 bridgehead atoms. The fraction of sp³-hybridized carbons (Fsp3) is 0.250. The highest BCUT2D eigenvalue weighted by atomic mass is 35.5. The van der Waals surface area contributed by atoms with E-state index in [1.54, 1.807) is 23.7 Å². The van der Waals surface area contributed by atoms with Crippen LogP contribution in [0.4, 0.5) is 0 Å². The molecule has 0 saturated heterocycles. The number of pyridine rings is 1. The van der Waals surface area contributed by atoms with Crippen molar-refractivity contribution in [3.8, 4) is 0 Å². The SMILES string of the molecule is Cc1ccsc1CNCc1ccncc1Cl. The van der Waals surface area contributed by atoms with Crippen LogP contribution in [0.25, 0.3) is 0 Å². The average molecular weight is 253 g/mol. The lowest BCUT2D eigenvalue weighted by Gasteiger charge is -2.05. The Morgan fingerprint density at radius 2 is 2.25 bits per heavy atom. The molecule has 0 amide bonds. The van der Waals surface area contributed by atoms with Crippen LogP contribution in [0.2, 0.25) is 5.02 Å². The monoisotopic (exact) mass is 252 g/mol. The summed E-state index contributed by atoms with van der Waals surface area (Å²) in [5.74, 6) is 0.